The van der Waals surface area contributed by atoms with Gasteiger partial charge in [0.05, 0.1) is 18.8 Å². The molecule has 0 aromatic heterocycles. The van der Waals surface area contributed by atoms with Crippen molar-refractivity contribution in [3.8, 4) is 5.75 Å². The van der Waals surface area contributed by atoms with Crippen LogP contribution in [-0.2, 0) is 6.61 Å². The number of aliphatic hydroxyl groups excluding tert-OH is 1. The third-order valence-corrected chi connectivity index (χ3v) is 2.36. The van der Waals surface area contributed by atoms with Gasteiger partial charge in [0, 0.05) is 0 Å². The monoisotopic (exact) mass is 208 g/mol. The predicted molar refractivity (Wildman–Crippen MR) is 58.3 cm³/mol. The topological polar surface area (TPSA) is 46.5 Å². The number of hydrogen-bond acceptors (Lipinski definition) is 3. The molecule has 1 N–H and O–H groups in total. The molecule has 0 aliphatic carbocycles. The van der Waals surface area contributed by atoms with Crippen LogP contribution in [0.5, 0.6) is 5.75 Å². The number of hydrogen-bond donors (Lipinski definition) is 1. The molecule has 0 radical (unpaired) electrons. The van der Waals surface area contributed by atoms with Gasteiger partial charge in [0.15, 0.2) is 5.78 Å². The Bertz CT molecular complexity index is 369. The summed E-state index contributed by atoms with van der Waals surface area (Å²) in [6.45, 7) is 5.70. The van der Waals surface area contributed by atoms with Gasteiger partial charge in [-0.1, -0.05) is 6.07 Å². The van der Waals surface area contributed by atoms with Crippen molar-refractivity contribution in [3.05, 3.63) is 28.8 Å². The number of carbonyl (C=O) groups excluding carboxylic acids is 1. The molecule has 82 valence electrons. The van der Waals surface area contributed by atoms with Crippen molar-refractivity contribution < 1.29 is 14.6 Å². The lowest BCUT2D eigenvalue weighted by atomic mass is 10.0. The van der Waals surface area contributed by atoms with Crippen molar-refractivity contribution in [1.82, 2.24) is 0 Å². The molecular weight excluding hydrogens is 192 g/mol. The van der Waals surface area contributed by atoms with E-state index in [4.69, 9.17) is 9.84 Å². The Labute approximate surface area is 89.7 Å². The molecule has 0 amide bonds. The Morgan fingerprint density at radius 1 is 1.47 bits per heavy atom. The molecule has 0 heterocycles. The highest BCUT2D eigenvalue weighted by Crippen LogP contribution is 2.27. The summed E-state index contributed by atoms with van der Waals surface area (Å²) in [5, 5.41) is 9.10. The maximum Gasteiger partial charge on any atom is 0.163 e. The minimum absolute atomic E-state index is 0.0222. The molecule has 3 nitrogen and oxygen atoms in total. The van der Waals surface area contributed by atoms with Crippen molar-refractivity contribution in [1.29, 1.82) is 0 Å². The molecule has 1 aromatic carbocycles. The van der Waals surface area contributed by atoms with Crippen LogP contribution < -0.4 is 4.74 Å². The Morgan fingerprint density at radius 3 is 2.60 bits per heavy atom. The maximum atomic E-state index is 11.4. The number of benzene rings is 1. The molecule has 3 heteroatoms. The average molecular weight is 208 g/mol. The number of Topliss-reactive ketones (excluding diaryl/α,β-unsaturated/α-hetero) is 1. The van der Waals surface area contributed by atoms with Crippen LogP contribution in [-0.4, -0.2) is 17.5 Å². The highest BCUT2D eigenvalue weighted by molar-refractivity contribution is 5.97. The highest BCUT2D eigenvalue weighted by atomic mass is 16.5. The van der Waals surface area contributed by atoms with Crippen LogP contribution in [0.15, 0.2) is 12.1 Å². The Balaban J connectivity index is 3.30. The van der Waals surface area contributed by atoms with Crippen molar-refractivity contribution in [2.75, 3.05) is 6.61 Å². The van der Waals surface area contributed by atoms with Gasteiger partial charge in [0.2, 0.25) is 0 Å². The van der Waals surface area contributed by atoms with Crippen molar-refractivity contribution >= 4 is 5.78 Å². The zero-order valence-corrected chi connectivity index (χ0v) is 9.33. The first-order valence-electron chi connectivity index (χ1n) is 4.98. The molecule has 0 spiro atoms. The maximum absolute atomic E-state index is 11.4. The summed E-state index contributed by atoms with van der Waals surface area (Å²) in [5.74, 6) is 0.572. The van der Waals surface area contributed by atoms with Gasteiger partial charge >= 0.3 is 0 Å². The summed E-state index contributed by atoms with van der Waals surface area (Å²) in [4.78, 5) is 11.4. The first-order chi connectivity index (χ1) is 7.11. The third kappa shape index (κ3) is 2.36. The number of aliphatic hydroxyl groups is 1. The third-order valence-electron chi connectivity index (χ3n) is 2.36. The Kier molecular flexibility index (Phi) is 3.86. The second kappa shape index (κ2) is 4.94. The Hall–Kier alpha value is -1.35. The lowest BCUT2D eigenvalue weighted by molar-refractivity contribution is 0.101. The van der Waals surface area contributed by atoms with E-state index in [0.717, 1.165) is 11.1 Å². The molecule has 0 atom stereocenters. The molecule has 0 bridgehead atoms. The van der Waals surface area contributed by atoms with E-state index in [1.54, 1.807) is 12.1 Å². The van der Waals surface area contributed by atoms with Crippen molar-refractivity contribution in [2.45, 2.75) is 27.4 Å². The largest absolute Gasteiger partial charge is 0.493 e. The van der Waals surface area contributed by atoms with E-state index < -0.39 is 0 Å². The summed E-state index contributed by atoms with van der Waals surface area (Å²) >= 11 is 0. The quantitative estimate of drug-likeness (QED) is 0.771. The van der Waals surface area contributed by atoms with Gasteiger partial charge in [0.25, 0.3) is 0 Å². The lowest BCUT2D eigenvalue weighted by Gasteiger charge is -2.13. The summed E-state index contributed by atoms with van der Waals surface area (Å²) < 4.78 is 5.44. The van der Waals surface area contributed by atoms with Crippen molar-refractivity contribution in [3.63, 3.8) is 0 Å². The Morgan fingerprint density at radius 2 is 2.13 bits per heavy atom. The van der Waals surface area contributed by atoms with Crippen LogP contribution in [0.1, 0.15) is 35.3 Å². The summed E-state index contributed by atoms with van der Waals surface area (Å²) in [6.07, 6.45) is 0. The smallest absolute Gasteiger partial charge is 0.163 e. The molecule has 0 saturated carbocycles. The average Bonchev–Trinajstić information content (AvgIpc) is 2.20. The number of carbonyl (C=O) groups is 1. The van der Waals surface area contributed by atoms with Crippen LogP contribution >= 0.6 is 0 Å². The van der Waals surface area contributed by atoms with Crippen LogP contribution in [0.2, 0.25) is 0 Å². The lowest BCUT2D eigenvalue weighted by Crippen LogP contribution is -2.04. The zero-order chi connectivity index (χ0) is 11.4. The van der Waals surface area contributed by atoms with E-state index in [2.05, 4.69) is 0 Å². The minimum atomic E-state index is -0.0376. The molecule has 1 aromatic rings. The number of ether oxygens (including phenoxy) is 1. The van der Waals surface area contributed by atoms with E-state index >= 15 is 0 Å². The van der Waals surface area contributed by atoms with E-state index in [-0.39, 0.29) is 12.4 Å². The van der Waals surface area contributed by atoms with Gasteiger partial charge in [-0.25, -0.2) is 0 Å². The fraction of sp³-hybridized carbons (Fsp3) is 0.417. The molecule has 1 rings (SSSR count). The highest BCUT2D eigenvalue weighted by Gasteiger charge is 2.13. The summed E-state index contributed by atoms with van der Waals surface area (Å²) in [6, 6.07) is 3.46. The van der Waals surface area contributed by atoms with E-state index in [0.29, 0.717) is 17.9 Å². The molecule has 0 unspecified atom stereocenters. The molecule has 0 aliphatic rings. The SMILES string of the molecule is CCOc1c(C(C)=O)ccc(CO)c1C. The minimum Gasteiger partial charge on any atom is -0.493 e. The first kappa shape index (κ1) is 11.7. The molecule has 15 heavy (non-hydrogen) atoms. The molecular formula is C12H16O3. The number of rotatable bonds is 4. The zero-order valence-electron chi connectivity index (χ0n) is 9.33. The second-order valence-electron chi connectivity index (χ2n) is 3.37. The fourth-order valence-corrected chi connectivity index (χ4v) is 1.51. The van der Waals surface area contributed by atoms with Gasteiger partial charge in [-0.3, -0.25) is 4.79 Å². The van der Waals surface area contributed by atoms with Gasteiger partial charge in [-0.2, -0.15) is 0 Å². The number of ketones is 1. The van der Waals surface area contributed by atoms with Gasteiger partial charge in [0.1, 0.15) is 5.75 Å². The summed E-state index contributed by atoms with van der Waals surface area (Å²) in [5.41, 5.74) is 2.21. The second-order valence-corrected chi connectivity index (χ2v) is 3.37. The molecule has 0 fully saturated rings. The fourth-order valence-electron chi connectivity index (χ4n) is 1.51. The van der Waals surface area contributed by atoms with E-state index in [1.165, 1.54) is 6.92 Å². The summed E-state index contributed by atoms with van der Waals surface area (Å²) in [7, 11) is 0. The normalized spacial score (nSPS) is 10.1. The van der Waals surface area contributed by atoms with Crippen LogP contribution in [0.4, 0.5) is 0 Å². The van der Waals surface area contributed by atoms with E-state index in [9.17, 15) is 4.79 Å². The van der Waals surface area contributed by atoms with Gasteiger partial charge in [-0.15, -0.1) is 0 Å². The standard InChI is InChI=1S/C12H16O3/c1-4-15-12-8(2)10(7-13)5-6-11(12)9(3)14/h5-6,13H,4,7H2,1-3H3. The van der Waals surface area contributed by atoms with Crippen LogP contribution in [0, 0.1) is 6.92 Å². The van der Waals surface area contributed by atoms with Crippen LogP contribution in [0.3, 0.4) is 0 Å². The van der Waals surface area contributed by atoms with Crippen molar-refractivity contribution in [2.24, 2.45) is 0 Å². The van der Waals surface area contributed by atoms with Crippen LogP contribution in [0.25, 0.3) is 0 Å². The first-order valence-corrected chi connectivity index (χ1v) is 4.98. The van der Waals surface area contributed by atoms with Gasteiger partial charge in [-0.05, 0) is 38.0 Å². The molecule has 0 aliphatic heterocycles. The van der Waals surface area contributed by atoms with E-state index in [1.807, 2.05) is 13.8 Å². The van der Waals surface area contributed by atoms with Gasteiger partial charge < -0.3 is 9.84 Å². The predicted octanol–water partition coefficient (Wildman–Crippen LogP) is 2.09. The molecule has 0 saturated heterocycles.